The van der Waals surface area contributed by atoms with Gasteiger partial charge in [-0.15, -0.1) is 0 Å². The molecule has 3 N–H and O–H groups in total. The fourth-order valence-electron chi connectivity index (χ4n) is 2.10. The molecule has 0 spiro atoms. The number of aliphatic hydroxyl groups excluding tert-OH is 1. The van der Waals surface area contributed by atoms with Gasteiger partial charge in [-0.2, -0.15) is 31.0 Å². The molecule has 5 nitrogen and oxygen atoms in total. The molecule has 112 valence electrons. The Morgan fingerprint density at radius 1 is 1.30 bits per heavy atom. The maximum Gasteiger partial charge on any atom is 0.402 e. The van der Waals surface area contributed by atoms with Gasteiger partial charge >= 0.3 is 6.18 Å². The Kier molecular flexibility index (Phi) is 4.05. The van der Waals surface area contributed by atoms with E-state index in [1.54, 1.807) is 24.3 Å². The van der Waals surface area contributed by atoms with Gasteiger partial charge in [0.25, 0.3) is 10.2 Å². The van der Waals surface area contributed by atoms with Gasteiger partial charge in [-0.3, -0.25) is 0 Å². The first-order valence-corrected chi connectivity index (χ1v) is 7.26. The van der Waals surface area contributed by atoms with Crippen LogP contribution in [0.1, 0.15) is 17.2 Å². The Labute approximate surface area is 114 Å². The molecule has 1 aliphatic carbocycles. The molecule has 1 aromatic carbocycles. The van der Waals surface area contributed by atoms with Crippen molar-refractivity contribution in [2.24, 2.45) is 0 Å². The molecule has 0 fully saturated rings. The molecular formula is C11H13F3N2O3S. The molecule has 0 amide bonds. The fourth-order valence-corrected chi connectivity index (χ4v) is 3.16. The van der Waals surface area contributed by atoms with Gasteiger partial charge in [0, 0.05) is 6.42 Å². The monoisotopic (exact) mass is 310 g/mol. The van der Waals surface area contributed by atoms with Crippen LogP contribution in [0.15, 0.2) is 24.3 Å². The lowest BCUT2D eigenvalue weighted by Gasteiger charge is -2.18. The lowest BCUT2D eigenvalue weighted by Crippen LogP contribution is -2.44. The quantitative estimate of drug-likeness (QED) is 0.763. The van der Waals surface area contributed by atoms with E-state index in [9.17, 15) is 26.7 Å². The Hall–Kier alpha value is -1.16. The van der Waals surface area contributed by atoms with Crippen LogP contribution in [0.25, 0.3) is 0 Å². The molecule has 0 saturated heterocycles. The van der Waals surface area contributed by atoms with Gasteiger partial charge in [0.15, 0.2) is 0 Å². The van der Waals surface area contributed by atoms with E-state index in [1.807, 2.05) is 4.72 Å². The number of rotatable bonds is 4. The van der Waals surface area contributed by atoms with E-state index in [4.69, 9.17) is 0 Å². The highest BCUT2D eigenvalue weighted by molar-refractivity contribution is 7.87. The van der Waals surface area contributed by atoms with Gasteiger partial charge in [-0.05, 0) is 11.1 Å². The molecule has 0 aliphatic heterocycles. The molecule has 0 radical (unpaired) electrons. The van der Waals surface area contributed by atoms with Gasteiger partial charge in [-0.25, -0.2) is 0 Å². The summed E-state index contributed by atoms with van der Waals surface area (Å²) in [5.41, 5.74) is 1.33. The zero-order valence-corrected chi connectivity index (χ0v) is 11.0. The van der Waals surface area contributed by atoms with E-state index in [2.05, 4.69) is 0 Å². The third-order valence-corrected chi connectivity index (χ3v) is 4.04. The van der Waals surface area contributed by atoms with Crippen molar-refractivity contribution in [2.75, 3.05) is 6.54 Å². The fraction of sp³-hybridized carbons (Fsp3) is 0.455. The number of alkyl halides is 3. The van der Waals surface area contributed by atoms with Crippen molar-refractivity contribution in [3.63, 3.8) is 0 Å². The van der Waals surface area contributed by atoms with E-state index in [1.165, 1.54) is 4.72 Å². The molecule has 1 aliphatic rings. The van der Waals surface area contributed by atoms with Gasteiger partial charge in [0.1, 0.15) is 6.54 Å². The number of hydrogen-bond acceptors (Lipinski definition) is 3. The van der Waals surface area contributed by atoms with Crippen LogP contribution >= 0.6 is 0 Å². The van der Waals surface area contributed by atoms with Gasteiger partial charge in [-0.1, -0.05) is 24.3 Å². The standard InChI is InChI=1S/C11H13F3N2O3S/c12-11(13,14)6-15-20(18,19)16-10-8-4-2-1-3-7(8)5-9(10)17/h1-4,9-10,15-17H,5-6H2/t9-,10+/m1/s1. The minimum atomic E-state index is -4.64. The van der Waals surface area contributed by atoms with Crippen molar-refractivity contribution >= 4 is 10.2 Å². The molecule has 2 atom stereocenters. The number of nitrogens with one attached hydrogen (secondary N) is 2. The second-order valence-corrected chi connectivity index (χ2v) is 6.04. The molecule has 1 aromatic rings. The molecule has 0 unspecified atom stereocenters. The van der Waals surface area contributed by atoms with Crippen molar-refractivity contribution in [2.45, 2.75) is 24.7 Å². The van der Waals surface area contributed by atoms with Crippen molar-refractivity contribution < 1.29 is 26.7 Å². The lowest BCUT2D eigenvalue weighted by atomic mass is 10.1. The first-order chi connectivity index (χ1) is 9.18. The van der Waals surface area contributed by atoms with Crippen LogP contribution in [0.2, 0.25) is 0 Å². The average Bonchev–Trinajstić information content (AvgIpc) is 2.63. The molecule has 9 heteroatoms. The maximum absolute atomic E-state index is 12.0. The molecule has 0 aromatic heterocycles. The Morgan fingerprint density at radius 3 is 2.60 bits per heavy atom. The summed E-state index contributed by atoms with van der Waals surface area (Å²) in [6.07, 6.45) is -5.39. The summed E-state index contributed by atoms with van der Waals surface area (Å²) in [7, 11) is -4.35. The van der Waals surface area contributed by atoms with Crippen LogP contribution in [0, 0.1) is 0 Å². The normalized spacial score (nSPS) is 22.8. The highest BCUT2D eigenvalue weighted by Gasteiger charge is 2.35. The van der Waals surface area contributed by atoms with Crippen LogP contribution in [0.5, 0.6) is 0 Å². The Bertz CT molecular complexity index is 589. The maximum atomic E-state index is 12.0. The second-order valence-electron chi connectivity index (χ2n) is 4.51. The predicted molar refractivity (Wildman–Crippen MR) is 65.0 cm³/mol. The summed E-state index contributed by atoms with van der Waals surface area (Å²) in [6, 6.07) is 5.82. The van der Waals surface area contributed by atoms with E-state index < -0.39 is 35.1 Å². The number of hydrogen-bond donors (Lipinski definition) is 3. The van der Waals surface area contributed by atoms with Crippen molar-refractivity contribution in [1.29, 1.82) is 0 Å². The SMILES string of the molecule is O=S(=O)(NCC(F)(F)F)N[C@H]1c2ccccc2C[C@H]1O. The van der Waals surface area contributed by atoms with E-state index in [0.29, 0.717) is 5.56 Å². The minimum absolute atomic E-state index is 0.253. The summed E-state index contributed by atoms with van der Waals surface area (Å²) in [5, 5.41) is 9.82. The van der Waals surface area contributed by atoms with Crippen LogP contribution < -0.4 is 9.44 Å². The lowest BCUT2D eigenvalue weighted by molar-refractivity contribution is -0.121. The van der Waals surface area contributed by atoms with Crippen LogP contribution in [0.4, 0.5) is 13.2 Å². The molecular weight excluding hydrogens is 297 g/mol. The third kappa shape index (κ3) is 3.69. The van der Waals surface area contributed by atoms with Crippen molar-refractivity contribution in [1.82, 2.24) is 9.44 Å². The molecule has 0 saturated carbocycles. The number of benzene rings is 1. The molecule has 0 bridgehead atoms. The van der Waals surface area contributed by atoms with Crippen LogP contribution in [0.3, 0.4) is 0 Å². The van der Waals surface area contributed by atoms with Crippen LogP contribution in [-0.4, -0.2) is 32.3 Å². The summed E-state index contributed by atoms with van der Waals surface area (Å²) in [6.45, 7) is -1.66. The van der Waals surface area contributed by atoms with Crippen LogP contribution in [-0.2, 0) is 16.6 Å². The topological polar surface area (TPSA) is 78.4 Å². The summed E-state index contributed by atoms with van der Waals surface area (Å²) < 4.78 is 62.6. The zero-order chi connectivity index (χ0) is 15.0. The third-order valence-electron chi connectivity index (χ3n) is 2.95. The largest absolute Gasteiger partial charge is 0.402 e. The number of halogens is 3. The van der Waals surface area contributed by atoms with E-state index in [0.717, 1.165) is 5.56 Å². The molecule has 20 heavy (non-hydrogen) atoms. The van der Waals surface area contributed by atoms with E-state index in [-0.39, 0.29) is 6.42 Å². The molecule has 2 rings (SSSR count). The van der Waals surface area contributed by atoms with Crippen molar-refractivity contribution in [3.05, 3.63) is 35.4 Å². The van der Waals surface area contributed by atoms with Gasteiger partial charge in [0.05, 0.1) is 12.1 Å². The Balaban J connectivity index is 2.10. The first-order valence-electron chi connectivity index (χ1n) is 5.77. The van der Waals surface area contributed by atoms with Gasteiger partial charge < -0.3 is 5.11 Å². The summed E-state index contributed by atoms with van der Waals surface area (Å²) in [4.78, 5) is 0. The molecule has 0 heterocycles. The first kappa shape index (κ1) is 15.2. The van der Waals surface area contributed by atoms with Crippen molar-refractivity contribution in [3.8, 4) is 0 Å². The highest BCUT2D eigenvalue weighted by atomic mass is 32.2. The minimum Gasteiger partial charge on any atom is -0.391 e. The second kappa shape index (κ2) is 5.32. The van der Waals surface area contributed by atoms with E-state index >= 15 is 0 Å². The number of fused-ring (bicyclic) bond motifs is 1. The smallest absolute Gasteiger partial charge is 0.391 e. The number of aliphatic hydroxyl groups is 1. The summed E-state index contributed by atoms with van der Waals surface area (Å²) in [5.74, 6) is 0. The Morgan fingerprint density at radius 2 is 1.95 bits per heavy atom. The average molecular weight is 310 g/mol. The predicted octanol–water partition coefficient (Wildman–Crippen LogP) is 0.631. The zero-order valence-electron chi connectivity index (χ0n) is 10.2. The van der Waals surface area contributed by atoms with Gasteiger partial charge in [0.2, 0.25) is 0 Å². The summed E-state index contributed by atoms with van der Waals surface area (Å²) >= 11 is 0. The highest BCUT2D eigenvalue weighted by Crippen LogP contribution is 2.31.